The van der Waals surface area contributed by atoms with E-state index in [-0.39, 0.29) is 60.1 Å². The van der Waals surface area contributed by atoms with Crippen molar-refractivity contribution in [3.63, 3.8) is 0 Å². The molecule has 47 heavy (non-hydrogen) atoms. The quantitative estimate of drug-likeness (QED) is 0.0914. The first kappa shape index (κ1) is 30.5. The first-order chi connectivity index (χ1) is 22.6. The van der Waals surface area contributed by atoms with Gasteiger partial charge in [-0.15, -0.1) is 0 Å². The molecule has 236 valence electrons. The molecule has 4 aromatic rings. The van der Waals surface area contributed by atoms with Crippen molar-refractivity contribution in [2.75, 3.05) is 36.2 Å². The molecule has 4 aromatic carbocycles. The molecule has 0 aliphatic carbocycles. The third-order valence-corrected chi connectivity index (χ3v) is 7.34. The Morgan fingerprint density at radius 3 is 1.21 bits per heavy atom. The maximum absolute atomic E-state index is 12.8. The molecule has 0 unspecified atom stereocenters. The van der Waals surface area contributed by atoms with Gasteiger partial charge in [0.25, 0.3) is 35.0 Å². The Bertz CT molecular complexity index is 1820. The fourth-order valence-corrected chi connectivity index (χ4v) is 5.08. The highest BCUT2D eigenvalue weighted by Gasteiger charge is 2.39. The number of amides is 4. The van der Waals surface area contributed by atoms with Crippen LogP contribution in [-0.2, 0) is 4.74 Å². The lowest BCUT2D eigenvalue weighted by Gasteiger charge is -2.15. The molecule has 0 fully saturated rings. The maximum atomic E-state index is 12.8. The number of nitro benzene ring substituents is 2. The molecule has 0 atom stereocenters. The zero-order chi connectivity index (χ0) is 33.2. The molecule has 0 bridgehead atoms. The number of fused-ring (bicyclic) bond motifs is 2. The fraction of sp³-hybridized carbons (Fsp3) is 0.125. The molecule has 6 rings (SSSR count). The lowest BCUT2D eigenvalue weighted by atomic mass is 10.1. The summed E-state index contributed by atoms with van der Waals surface area (Å²) >= 11 is 0. The van der Waals surface area contributed by atoms with Crippen LogP contribution in [0.3, 0.4) is 0 Å². The van der Waals surface area contributed by atoms with E-state index < -0.39 is 33.5 Å². The molecule has 2 aliphatic heterocycles. The molecule has 0 radical (unpaired) electrons. The van der Waals surface area contributed by atoms with Crippen molar-refractivity contribution < 1.29 is 43.2 Å². The summed E-state index contributed by atoms with van der Waals surface area (Å²) in [5.74, 6) is -1.50. The van der Waals surface area contributed by atoms with Crippen LogP contribution in [0.15, 0.2) is 84.9 Å². The average molecular weight is 639 g/mol. The Morgan fingerprint density at radius 1 is 0.489 bits per heavy atom. The zero-order valence-corrected chi connectivity index (χ0v) is 24.2. The minimum absolute atomic E-state index is 0.0271. The Labute approximate surface area is 264 Å². The number of carbonyl (C=O) groups is 4. The van der Waals surface area contributed by atoms with Crippen LogP contribution >= 0.6 is 0 Å². The summed E-state index contributed by atoms with van der Waals surface area (Å²) < 4.78 is 16.8. The lowest BCUT2D eigenvalue weighted by Crippen LogP contribution is -2.29. The highest BCUT2D eigenvalue weighted by molar-refractivity contribution is 6.35. The molecule has 0 saturated heterocycles. The topological polar surface area (TPSA) is 189 Å². The molecular weight excluding hydrogens is 616 g/mol. The molecular formula is C32H22N4O11. The van der Waals surface area contributed by atoms with Crippen LogP contribution in [0.25, 0.3) is 0 Å². The second kappa shape index (κ2) is 12.5. The molecule has 2 heterocycles. The normalized spacial score (nSPS) is 13.5. The van der Waals surface area contributed by atoms with Crippen LogP contribution in [0.1, 0.15) is 41.4 Å². The summed E-state index contributed by atoms with van der Waals surface area (Å²) in [6, 6.07) is 19.6. The minimum Gasteiger partial charge on any atom is -0.491 e. The summed E-state index contributed by atoms with van der Waals surface area (Å²) in [6.07, 6.45) is 0. The Kier molecular flexibility index (Phi) is 8.12. The van der Waals surface area contributed by atoms with Gasteiger partial charge in [0.2, 0.25) is 0 Å². The second-order valence-electron chi connectivity index (χ2n) is 10.2. The summed E-state index contributed by atoms with van der Waals surface area (Å²) in [5.41, 5.74) is 0.166. The van der Waals surface area contributed by atoms with Crippen molar-refractivity contribution in [3.05, 3.63) is 127 Å². The van der Waals surface area contributed by atoms with Crippen molar-refractivity contribution in [2.45, 2.75) is 0 Å². The third kappa shape index (κ3) is 5.85. The van der Waals surface area contributed by atoms with Gasteiger partial charge in [-0.2, -0.15) is 0 Å². The maximum Gasteiger partial charge on any atom is 0.270 e. The van der Waals surface area contributed by atoms with E-state index in [1.807, 2.05) is 0 Å². The minimum atomic E-state index is -0.647. The number of nitro groups is 2. The highest BCUT2D eigenvalue weighted by atomic mass is 16.6. The number of carbonyl (C=O) groups excluding carboxylic acids is 4. The standard InChI is InChI=1S/C32H22N4O11/c37-29-25-11-5-21(35(41)42)17-27(25)31(39)33(29)19-1-7-23(8-2-19)46-15-13-45-14-16-47-24-9-3-20(4-10-24)34-30(38)26-12-6-22(36(43)44)18-28(26)32(34)40/h1-12,17-18H,13-16H2. The second-order valence-corrected chi connectivity index (χ2v) is 10.2. The van der Waals surface area contributed by atoms with Gasteiger partial charge in [-0.05, 0) is 60.7 Å². The molecule has 0 saturated carbocycles. The van der Waals surface area contributed by atoms with Crippen molar-refractivity contribution >= 4 is 46.4 Å². The lowest BCUT2D eigenvalue weighted by molar-refractivity contribution is -0.385. The van der Waals surface area contributed by atoms with Crippen LogP contribution in [0.2, 0.25) is 0 Å². The van der Waals surface area contributed by atoms with E-state index in [4.69, 9.17) is 14.2 Å². The van der Waals surface area contributed by atoms with E-state index in [0.717, 1.165) is 21.9 Å². The first-order valence-corrected chi connectivity index (χ1v) is 14.0. The van der Waals surface area contributed by atoms with Gasteiger partial charge < -0.3 is 14.2 Å². The summed E-state index contributed by atoms with van der Waals surface area (Å²) in [5, 5.41) is 22.1. The SMILES string of the molecule is O=C1c2ccc([N+](=O)[O-])cc2C(=O)N1c1ccc(OCCOCCOc2ccc(N3C(=O)c4ccc([N+](=O)[O-])cc4C3=O)cc2)cc1. The predicted molar refractivity (Wildman–Crippen MR) is 163 cm³/mol. The number of imide groups is 2. The van der Waals surface area contributed by atoms with Gasteiger partial charge in [0.1, 0.15) is 24.7 Å². The first-order valence-electron chi connectivity index (χ1n) is 14.0. The van der Waals surface area contributed by atoms with Crippen LogP contribution in [-0.4, -0.2) is 59.9 Å². The zero-order valence-electron chi connectivity index (χ0n) is 24.2. The summed E-state index contributed by atoms with van der Waals surface area (Å²) in [4.78, 5) is 73.8. The molecule has 2 aliphatic rings. The van der Waals surface area contributed by atoms with E-state index in [1.165, 1.54) is 48.5 Å². The van der Waals surface area contributed by atoms with Gasteiger partial charge >= 0.3 is 0 Å². The summed E-state index contributed by atoms with van der Waals surface area (Å²) in [6.45, 7) is 0.876. The number of nitrogens with zero attached hydrogens (tertiary/aromatic N) is 4. The highest BCUT2D eigenvalue weighted by Crippen LogP contribution is 2.33. The van der Waals surface area contributed by atoms with Gasteiger partial charge in [-0.1, -0.05) is 0 Å². The molecule has 15 heteroatoms. The van der Waals surface area contributed by atoms with E-state index in [0.29, 0.717) is 22.9 Å². The Balaban J connectivity index is 0.929. The van der Waals surface area contributed by atoms with E-state index in [9.17, 15) is 39.4 Å². The van der Waals surface area contributed by atoms with Crippen LogP contribution in [0.5, 0.6) is 11.5 Å². The molecule has 0 aromatic heterocycles. The van der Waals surface area contributed by atoms with Gasteiger partial charge in [-0.3, -0.25) is 39.4 Å². The van der Waals surface area contributed by atoms with Gasteiger partial charge in [0.05, 0.1) is 56.7 Å². The smallest absolute Gasteiger partial charge is 0.270 e. The third-order valence-electron chi connectivity index (χ3n) is 7.34. The van der Waals surface area contributed by atoms with E-state index in [2.05, 4.69) is 0 Å². The number of anilines is 2. The number of benzene rings is 4. The van der Waals surface area contributed by atoms with Crippen molar-refractivity contribution in [2.24, 2.45) is 0 Å². The van der Waals surface area contributed by atoms with Crippen LogP contribution in [0, 0.1) is 20.2 Å². The fourth-order valence-electron chi connectivity index (χ4n) is 5.08. The summed E-state index contributed by atoms with van der Waals surface area (Å²) in [7, 11) is 0. The van der Waals surface area contributed by atoms with Crippen LogP contribution < -0.4 is 19.3 Å². The molecule has 0 N–H and O–H groups in total. The largest absolute Gasteiger partial charge is 0.491 e. The number of hydrogen-bond donors (Lipinski definition) is 0. The predicted octanol–water partition coefficient (Wildman–Crippen LogP) is 4.58. The monoisotopic (exact) mass is 638 g/mol. The van der Waals surface area contributed by atoms with Crippen LogP contribution in [0.4, 0.5) is 22.7 Å². The van der Waals surface area contributed by atoms with E-state index >= 15 is 0 Å². The van der Waals surface area contributed by atoms with Gasteiger partial charge in [0, 0.05) is 24.3 Å². The van der Waals surface area contributed by atoms with Crippen molar-refractivity contribution in [1.82, 2.24) is 0 Å². The Morgan fingerprint density at radius 2 is 0.851 bits per heavy atom. The molecule has 15 nitrogen and oxygen atoms in total. The number of rotatable bonds is 12. The molecule has 4 amide bonds. The van der Waals surface area contributed by atoms with Crippen molar-refractivity contribution in [1.29, 1.82) is 0 Å². The average Bonchev–Trinajstić information content (AvgIpc) is 3.48. The van der Waals surface area contributed by atoms with Gasteiger partial charge in [-0.25, -0.2) is 9.80 Å². The number of non-ortho nitro benzene ring substituents is 2. The molecule has 0 spiro atoms. The number of ether oxygens (including phenoxy) is 3. The number of hydrogen-bond acceptors (Lipinski definition) is 11. The Hall–Kier alpha value is -6.48. The van der Waals surface area contributed by atoms with E-state index in [1.54, 1.807) is 24.3 Å². The van der Waals surface area contributed by atoms with Crippen molar-refractivity contribution in [3.8, 4) is 11.5 Å². The van der Waals surface area contributed by atoms with Gasteiger partial charge in [0.15, 0.2) is 0 Å².